The molecule has 2 aromatic heterocycles. The summed E-state index contributed by atoms with van der Waals surface area (Å²) in [5.41, 5.74) is 2.29. The highest BCUT2D eigenvalue weighted by Crippen LogP contribution is 2.34. The lowest BCUT2D eigenvalue weighted by Gasteiger charge is -2.34. The summed E-state index contributed by atoms with van der Waals surface area (Å²) >= 11 is 1.48. The summed E-state index contributed by atoms with van der Waals surface area (Å²) in [6.45, 7) is 4.24. The van der Waals surface area contributed by atoms with Gasteiger partial charge in [0.25, 0.3) is 5.91 Å². The van der Waals surface area contributed by atoms with Gasteiger partial charge in [-0.15, -0.1) is 11.3 Å². The second-order valence-corrected chi connectivity index (χ2v) is 8.52. The zero-order valence-corrected chi connectivity index (χ0v) is 19.0. The van der Waals surface area contributed by atoms with Crippen LogP contribution in [0.3, 0.4) is 0 Å². The Morgan fingerprint density at radius 3 is 2.78 bits per heavy atom. The Hall–Kier alpha value is -3.26. The van der Waals surface area contributed by atoms with Crippen molar-refractivity contribution in [1.82, 2.24) is 15.3 Å². The molecular weight excluding hydrogens is 424 g/mol. The number of para-hydroxylation sites is 2. The van der Waals surface area contributed by atoms with Crippen LogP contribution in [0, 0.1) is 0 Å². The summed E-state index contributed by atoms with van der Waals surface area (Å²) in [6, 6.07) is 11.2. The Morgan fingerprint density at radius 2 is 2.03 bits per heavy atom. The van der Waals surface area contributed by atoms with Crippen molar-refractivity contribution in [2.45, 2.75) is 45.3 Å². The van der Waals surface area contributed by atoms with E-state index in [1.165, 1.54) is 11.3 Å². The smallest absolute Gasteiger partial charge is 0.263 e. The van der Waals surface area contributed by atoms with Crippen LogP contribution < -0.4 is 15.0 Å². The first kappa shape index (κ1) is 22.0. The third-order valence-corrected chi connectivity index (χ3v) is 6.43. The zero-order valence-electron chi connectivity index (χ0n) is 18.2. The Morgan fingerprint density at radius 1 is 1.22 bits per heavy atom. The van der Waals surface area contributed by atoms with Gasteiger partial charge < -0.3 is 15.0 Å². The van der Waals surface area contributed by atoms with Crippen molar-refractivity contribution in [2.24, 2.45) is 0 Å². The topological polar surface area (TPSA) is 84.4 Å². The summed E-state index contributed by atoms with van der Waals surface area (Å²) in [7, 11) is 0. The number of thiazole rings is 1. The number of pyridine rings is 1. The maximum absolute atomic E-state index is 13.3. The van der Waals surface area contributed by atoms with E-state index < -0.39 is 6.10 Å². The first-order valence-electron chi connectivity index (χ1n) is 10.8. The van der Waals surface area contributed by atoms with Crippen LogP contribution >= 0.6 is 11.3 Å². The SMILES string of the molecule is CCC(CC)NC(=O)C1CN(C(=O)Cc2csc(-c3cccnc3)n2)c2ccccc2O1. The van der Waals surface area contributed by atoms with Crippen molar-refractivity contribution in [3.8, 4) is 16.3 Å². The van der Waals surface area contributed by atoms with Crippen LogP contribution in [0.15, 0.2) is 54.2 Å². The molecule has 3 heterocycles. The number of rotatable bonds is 7. The van der Waals surface area contributed by atoms with E-state index in [-0.39, 0.29) is 30.8 Å². The van der Waals surface area contributed by atoms with Gasteiger partial charge in [-0.2, -0.15) is 0 Å². The number of nitrogens with zero attached hydrogens (tertiary/aromatic N) is 3. The molecule has 1 aromatic carbocycles. The lowest BCUT2D eigenvalue weighted by atomic mass is 10.1. The standard InChI is InChI=1S/C24H26N4O3S/c1-3-17(4-2)26-23(30)21-14-28(19-9-5-6-10-20(19)31-21)22(29)12-18-15-32-24(27-18)16-8-7-11-25-13-16/h5-11,13,15,17,21H,3-4,12,14H2,1-2H3,(H,26,30). The number of hydrogen-bond donors (Lipinski definition) is 1. The Labute approximate surface area is 191 Å². The minimum atomic E-state index is -0.754. The van der Waals surface area contributed by atoms with Gasteiger partial charge in [-0.3, -0.25) is 14.6 Å². The summed E-state index contributed by atoms with van der Waals surface area (Å²) in [4.78, 5) is 36.5. The second-order valence-electron chi connectivity index (χ2n) is 7.66. The lowest BCUT2D eigenvalue weighted by molar-refractivity contribution is -0.129. The summed E-state index contributed by atoms with van der Waals surface area (Å²) in [5, 5.41) is 5.75. The molecule has 1 aliphatic rings. The minimum Gasteiger partial charge on any atom is -0.477 e. The van der Waals surface area contributed by atoms with Gasteiger partial charge in [-0.25, -0.2) is 4.98 Å². The van der Waals surface area contributed by atoms with Crippen LogP contribution in [0.4, 0.5) is 5.69 Å². The van der Waals surface area contributed by atoms with Gasteiger partial charge >= 0.3 is 0 Å². The second kappa shape index (κ2) is 9.91. The molecule has 0 bridgehead atoms. The van der Waals surface area contributed by atoms with Crippen molar-refractivity contribution < 1.29 is 14.3 Å². The van der Waals surface area contributed by atoms with E-state index in [9.17, 15) is 9.59 Å². The molecule has 1 N–H and O–H groups in total. The fraction of sp³-hybridized carbons (Fsp3) is 0.333. The number of ether oxygens (including phenoxy) is 1. The van der Waals surface area contributed by atoms with Gasteiger partial charge in [0.05, 0.1) is 24.3 Å². The number of anilines is 1. The van der Waals surface area contributed by atoms with E-state index in [0.29, 0.717) is 17.1 Å². The molecule has 166 valence electrons. The number of nitrogens with one attached hydrogen (secondary N) is 1. The van der Waals surface area contributed by atoms with Crippen molar-refractivity contribution in [3.63, 3.8) is 0 Å². The molecule has 0 saturated carbocycles. The lowest BCUT2D eigenvalue weighted by Crippen LogP contribution is -2.52. The highest BCUT2D eigenvalue weighted by atomic mass is 32.1. The van der Waals surface area contributed by atoms with Crippen LogP contribution in [-0.4, -0.2) is 40.5 Å². The van der Waals surface area contributed by atoms with Gasteiger partial charge in [0.15, 0.2) is 6.10 Å². The third kappa shape index (κ3) is 4.80. The van der Waals surface area contributed by atoms with Crippen LogP contribution in [0.2, 0.25) is 0 Å². The average Bonchev–Trinajstić information content (AvgIpc) is 3.30. The fourth-order valence-corrected chi connectivity index (χ4v) is 4.46. The normalized spacial score (nSPS) is 15.2. The third-order valence-electron chi connectivity index (χ3n) is 5.49. The maximum atomic E-state index is 13.3. The monoisotopic (exact) mass is 450 g/mol. The van der Waals surface area contributed by atoms with Crippen molar-refractivity contribution >= 4 is 28.8 Å². The van der Waals surface area contributed by atoms with Crippen LogP contribution in [0.1, 0.15) is 32.4 Å². The highest BCUT2D eigenvalue weighted by molar-refractivity contribution is 7.13. The molecule has 7 nitrogen and oxygen atoms in total. The fourth-order valence-electron chi connectivity index (χ4n) is 3.65. The van der Waals surface area contributed by atoms with E-state index in [4.69, 9.17) is 4.74 Å². The maximum Gasteiger partial charge on any atom is 0.263 e. The summed E-state index contributed by atoms with van der Waals surface area (Å²) < 4.78 is 5.95. The summed E-state index contributed by atoms with van der Waals surface area (Å²) in [6.07, 6.45) is 4.55. The summed E-state index contributed by atoms with van der Waals surface area (Å²) in [5.74, 6) is 0.216. The Balaban J connectivity index is 1.51. The first-order chi connectivity index (χ1) is 15.6. The molecule has 0 aliphatic carbocycles. The van der Waals surface area contributed by atoms with Crippen molar-refractivity contribution in [2.75, 3.05) is 11.4 Å². The zero-order chi connectivity index (χ0) is 22.5. The Bertz CT molecular complexity index is 1080. The largest absolute Gasteiger partial charge is 0.477 e. The molecule has 0 fully saturated rings. The molecule has 8 heteroatoms. The molecule has 1 atom stereocenters. The number of benzene rings is 1. The van der Waals surface area contributed by atoms with Crippen molar-refractivity contribution in [3.05, 3.63) is 59.9 Å². The predicted octanol–water partition coefficient (Wildman–Crippen LogP) is 3.85. The van der Waals surface area contributed by atoms with Crippen LogP contribution in [0.25, 0.3) is 10.6 Å². The van der Waals surface area contributed by atoms with Gasteiger partial charge in [-0.1, -0.05) is 26.0 Å². The molecule has 4 rings (SSSR count). The minimum absolute atomic E-state index is 0.0910. The molecule has 0 radical (unpaired) electrons. The number of amides is 2. The van der Waals surface area contributed by atoms with E-state index in [1.54, 1.807) is 23.4 Å². The molecule has 1 aliphatic heterocycles. The first-order valence-corrected chi connectivity index (χ1v) is 11.7. The molecule has 1 unspecified atom stereocenters. The van der Waals surface area contributed by atoms with Gasteiger partial charge in [0.1, 0.15) is 10.8 Å². The quantitative estimate of drug-likeness (QED) is 0.591. The van der Waals surface area contributed by atoms with Gasteiger partial charge in [0, 0.05) is 29.4 Å². The molecule has 3 aromatic rings. The number of fused-ring (bicyclic) bond motifs is 1. The molecule has 2 amide bonds. The number of carbonyl (C=O) groups excluding carboxylic acids is 2. The Kier molecular flexibility index (Phi) is 6.80. The van der Waals surface area contributed by atoms with E-state index in [0.717, 1.165) is 23.4 Å². The van der Waals surface area contributed by atoms with Crippen molar-refractivity contribution in [1.29, 1.82) is 0 Å². The number of hydrogen-bond acceptors (Lipinski definition) is 6. The van der Waals surface area contributed by atoms with Gasteiger partial charge in [0.2, 0.25) is 5.91 Å². The van der Waals surface area contributed by atoms with Gasteiger partial charge in [-0.05, 0) is 37.1 Å². The molecule has 0 saturated heterocycles. The highest BCUT2D eigenvalue weighted by Gasteiger charge is 2.34. The van der Waals surface area contributed by atoms with Crippen LogP contribution in [-0.2, 0) is 16.0 Å². The van der Waals surface area contributed by atoms with E-state index in [2.05, 4.69) is 15.3 Å². The number of aromatic nitrogens is 2. The molecular formula is C24H26N4O3S. The van der Waals surface area contributed by atoms with Crippen LogP contribution in [0.5, 0.6) is 5.75 Å². The number of carbonyl (C=O) groups is 2. The predicted molar refractivity (Wildman–Crippen MR) is 125 cm³/mol. The van der Waals surface area contributed by atoms with E-state index in [1.807, 2.05) is 49.6 Å². The molecule has 32 heavy (non-hydrogen) atoms. The molecule has 0 spiro atoms. The van der Waals surface area contributed by atoms with E-state index >= 15 is 0 Å². The average molecular weight is 451 g/mol.